The van der Waals surface area contributed by atoms with E-state index in [0.29, 0.717) is 5.92 Å². The average Bonchev–Trinajstić information content (AvgIpc) is 2.96. The van der Waals surface area contributed by atoms with Crippen LogP contribution < -0.4 is 0 Å². The van der Waals surface area contributed by atoms with Crippen molar-refractivity contribution < 1.29 is 4.79 Å². The van der Waals surface area contributed by atoms with Gasteiger partial charge in [0.2, 0.25) is 0 Å². The smallest absolute Gasteiger partial charge is 0.123 e. The predicted octanol–water partition coefficient (Wildman–Crippen LogP) is 3.04. The highest BCUT2D eigenvalue weighted by atomic mass is 16.1. The van der Waals surface area contributed by atoms with Gasteiger partial charge in [-0.2, -0.15) is 0 Å². The molecule has 13 heavy (non-hydrogen) atoms. The van der Waals surface area contributed by atoms with E-state index in [1.54, 1.807) is 0 Å². The third-order valence-corrected chi connectivity index (χ3v) is 4.11. The summed E-state index contributed by atoms with van der Waals surface area (Å²) >= 11 is 0. The molecule has 2 fully saturated rings. The lowest BCUT2D eigenvalue weighted by Crippen LogP contribution is -2.21. The Morgan fingerprint density at radius 2 is 2.00 bits per heavy atom. The second kappa shape index (κ2) is 3.81. The maximum Gasteiger partial charge on any atom is 0.123 e. The number of rotatable bonds is 3. The third-order valence-electron chi connectivity index (χ3n) is 4.11. The van der Waals surface area contributed by atoms with Crippen LogP contribution >= 0.6 is 0 Å². The van der Waals surface area contributed by atoms with Crippen molar-refractivity contribution in [3.8, 4) is 0 Å². The highest BCUT2D eigenvalue weighted by Crippen LogP contribution is 2.50. The first-order valence-corrected chi connectivity index (χ1v) is 5.82. The summed E-state index contributed by atoms with van der Waals surface area (Å²) in [5.41, 5.74) is 0. The summed E-state index contributed by atoms with van der Waals surface area (Å²) in [7, 11) is 0. The molecule has 0 unspecified atom stereocenters. The minimum atomic E-state index is 0.442. The topological polar surface area (TPSA) is 17.1 Å². The highest BCUT2D eigenvalue weighted by molar-refractivity contribution is 5.58. The SMILES string of the molecule is CC[C@@H]1CCCC[C@@H]1[C@H]1C[C@H]1C=O. The van der Waals surface area contributed by atoms with Crippen LogP contribution in [0, 0.1) is 23.7 Å². The molecule has 1 nitrogen and oxygen atoms in total. The molecule has 1 heteroatoms. The Balaban J connectivity index is 1.92. The molecule has 2 aliphatic carbocycles. The fourth-order valence-corrected chi connectivity index (χ4v) is 3.19. The molecular weight excluding hydrogens is 160 g/mol. The molecule has 0 heterocycles. The summed E-state index contributed by atoms with van der Waals surface area (Å²) in [4.78, 5) is 10.6. The Labute approximate surface area is 80.9 Å². The van der Waals surface area contributed by atoms with Gasteiger partial charge in [0.05, 0.1) is 0 Å². The van der Waals surface area contributed by atoms with E-state index in [1.165, 1.54) is 44.8 Å². The van der Waals surface area contributed by atoms with Gasteiger partial charge in [-0.05, 0) is 30.6 Å². The van der Waals surface area contributed by atoms with Gasteiger partial charge < -0.3 is 4.79 Å². The van der Waals surface area contributed by atoms with E-state index < -0.39 is 0 Å². The first-order valence-electron chi connectivity index (χ1n) is 5.82. The minimum absolute atomic E-state index is 0.442. The Bertz CT molecular complexity index is 188. The number of carbonyl (C=O) groups is 1. The van der Waals surface area contributed by atoms with Gasteiger partial charge in [-0.25, -0.2) is 0 Å². The van der Waals surface area contributed by atoms with E-state index in [2.05, 4.69) is 6.92 Å². The van der Waals surface area contributed by atoms with Crippen LogP contribution in [0.4, 0.5) is 0 Å². The molecule has 0 radical (unpaired) electrons. The van der Waals surface area contributed by atoms with Gasteiger partial charge in [0, 0.05) is 5.92 Å². The standard InChI is InChI=1S/C12H20O/c1-2-9-5-3-4-6-11(9)12-7-10(12)8-13/h8-12H,2-7H2,1H3/t9-,10+,11+,12+/m1/s1. The molecule has 0 bridgehead atoms. The van der Waals surface area contributed by atoms with E-state index in [0.717, 1.165) is 17.8 Å². The zero-order valence-corrected chi connectivity index (χ0v) is 8.54. The van der Waals surface area contributed by atoms with Gasteiger partial charge >= 0.3 is 0 Å². The van der Waals surface area contributed by atoms with Crippen LogP contribution in [0.1, 0.15) is 45.4 Å². The molecule has 0 N–H and O–H groups in total. The lowest BCUT2D eigenvalue weighted by molar-refractivity contribution is -0.109. The summed E-state index contributed by atoms with van der Waals surface area (Å²) < 4.78 is 0. The molecular formula is C12H20O. The van der Waals surface area contributed by atoms with Gasteiger partial charge in [-0.1, -0.05) is 32.6 Å². The Morgan fingerprint density at radius 1 is 1.23 bits per heavy atom. The maximum absolute atomic E-state index is 10.6. The molecule has 2 rings (SSSR count). The summed E-state index contributed by atoms with van der Waals surface area (Å²) in [5, 5.41) is 0. The average molecular weight is 180 g/mol. The van der Waals surface area contributed by atoms with E-state index >= 15 is 0 Å². The molecule has 0 aromatic rings. The first-order chi connectivity index (χ1) is 6.36. The van der Waals surface area contributed by atoms with Crippen molar-refractivity contribution in [2.45, 2.75) is 45.4 Å². The number of hydrogen-bond donors (Lipinski definition) is 0. The maximum atomic E-state index is 10.6. The van der Waals surface area contributed by atoms with Crippen LogP contribution in [0.5, 0.6) is 0 Å². The minimum Gasteiger partial charge on any atom is -0.303 e. The fourth-order valence-electron chi connectivity index (χ4n) is 3.19. The van der Waals surface area contributed by atoms with E-state index in [1.807, 2.05) is 0 Å². The van der Waals surface area contributed by atoms with Crippen molar-refractivity contribution in [1.29, 1.82) is 0 Å². The fraction of sp³-hybridized carbons (Fsp3) is 0.917. The quantitative estimate of drug-likeness (QED) is 0.610. The van der Waals surface area contributed by atoms with E-state index in [9.17, 15) is 4.79 Å². The van der Waals surface area contributed by atoms with Crippen LogP contribution in [0.15, 0.2) is 0 Å². The van der Waals surface area contributed by atoms with Crippen LogP contribution in [0.2, 0.25) is 0 Å². The molecule has 4 atom stereocenters. The molecule has 0 spiro atoms. The first kappa shape index (κ1) is 9.23. The van der Waals surface area contributed by atoms with Crippen molar-refractivity contribution in [2.24, 2.45) is 23.7 Å². The van der Waals surface area contributed by atoms with Gasteiger partial charge in [-0.3, -0.25) is 0 Å². The zero-order chi connectivity index (χ0) is 9.26. The largest absolute Gasteiger partial charge is 0.303 e. The van der Waals surface area contributed by atoms with E-state index in [4.69, 9.17) is 0 Å². The van der Waals surface area contributed by atoms with Crippen molar-refractivity contribution in [1.82, 2.24) is 0 Å². The second-order valence-corrected chi connectivity index (χ2v) is 4.82. The van der Waals surface area contributed by atoms with Gasteiger partial charge in [-0.15, -0.1) is 0 Å². The predicted molar refractivity (Wildman–Crippen MR) is 53.4 cm³/mol. The number of carbonyl (C=O) groups excluding carboxylic acids is 1. The normalized spacial score (nSPS) is 44.4. The monoisotopic (exact) mass is 180 g/mol. The van der Waals surface area contributed by atoms with Crippen molar-refractivity contribution in [2.75, 3.05) is 0 Å². The zero-order valence-electron chi connectivity index (χ0n) is 8.54. The molecule has 0 saturated heterocycles. The second-order valence-electron chi connectivity index (χ2n) is 4.82. The number of hydrogen-bond acceptors (Lipinski definition) is 1. The molecule has 0 aromatic carbocycles. The van der Waals surface area contributed by atoms with Crippen LogP contribution in [0.3, 0.4) is 0 Å². The number of aldehydes is 1. The molecule has 74 valence electrons. The van der Waals surface area contributed by atoms with Gasteiger partial charge in [0.1, 0.15) is 6.29 Å². The van der Waals surface area contributed by atoms with Crippen LogP contribution in [0.25, 0.3) is 0 Å². The van der Waals surface area contributed by atoms with E-state index in [-0.39, 0.29) is 0 Å². The van der Waals surface area contributed by atoms with Crippen molar-refractivity contribution >= 4 is 6.29 Å². The molecule has 0 aromatic heterocycles. The van der Waals surface area contributed by atoms with Crippen molar-refractivity contribution in [3.05, 3.63) is 0 Å². The molecule has 2 aliphatic rings. The molecule has 0 amide bonds. The summed E-state index contributed by atoms with van der Waals surface area (Å²) in [5.74, 6) is 3.05. The van der Waals surface area contributed by atoms with Crippen molar-refractivity contribution in [3.63, 3.8) is 0 Å². The lowest BCUT2D eigenvalue weighted by Gasteiger charge is -2.31. The third kappa shape index (κ3) is 1.79. The van der Waals surface area contributed by atoms with Crippen LogP contribution in [-0.2, 0) is 4.79 Å². The van der Waals surface area contributed by atoms with Gasteiger partial charge in [0.15, 0.2) is 0 Å². The lowest BCUT2D eigenvalue weighted by atomic mass is 9.75. The van der Waals surface area contributed by atoms with Crippen LogP contribution in [-0.4, -0.2) is 6.29 Å². The summed E-state index contributed by atoms with van der Waals surface area (Å²) in [6.45, 7) is 2.31. The molecule has 0 aliphatic heterocycles. The summed E-state index contributed by atoms with van der Waals surface area (Å²) in [6.07, 6.45) is 9.36. The Kier molecular flexibility index (Phi) is 2.71. The Morgan fingerprint density at radius 3 is 2.62 bits per heavy atom. The highest BCUT2D eigenvalue weighted by Gasteiger charge is 2.45. The molecule has 2 saturated carbocycles. The Hall–Kier alpha value is -0.330. The summed E-state index contributed by atoms with van der Waals surface area (Å²) in [6, 6.07) is 0. The van der Waals surface area contributed by atoms with Gasteiger partial charge in [0.25, 0.3) is 0 Å².